The molecule has 0 saturated heterocycles. The van der Waals surface area contributed by atoms with Crippen LogP contribution < -0.4 is 41.4 Å². The van der Waals surface area contributed by atoms with E-state index in [0.717, 1.165) is 5.69 Å². The minimum absolute atomic E-state index is 0.0417. The summed E-state index contributed by atoms with van der Waals surface area (Å²) in [5.41, 5.74) is 13.6. The van der Waals surface area contributed by atoms with Crippen LogP contribution in [0.3, 0.4) is 0 Å². The molecule has 7 N–H and O–H groups in total. The molecule has 0 saturated carbocycles. The molecule has 1 atom stereocenters. The zero-order valence-electron chi connectivity index (χ0n) is 22.3. The number of benzene rings is 3. The van der Waals surface area contributed by atoms with Gasteiger partial charge in [-0.15, -0.1) is 0 Å². The molecule has 3 rings (SSSR count). The summed E-state index contributed by atoms with van der Waals surface area (Å²) in [4.78, 5) is 13.4. The first kappa shape index (κ1) is 29.1. The van der Waals surface area contributed by atoms with Gasteiger partial charge in [-0.05, 0) is 99.2 Å². The quantitative estimate of drug-likeness (QED) is 0.0890. The Kier molecular flexibility index (Phi) is 10.3. The van der Waals surface area contributed by atoms with E-state index in [2.05, 4.69) is 21.5 Å². The number of rotatable bonds is 11. The van der Waals surface area contributed by atoms with Crippen molar-refractivity contribution in [1.29, 1.82) is 5.41 Å². The number of ether oxygens (including phenoxy) is 3. The van der Waals surface area contributed by atoms with E-state index in [-0.39, 0.29) is 17.1 Å². The normalized spacial score (nSPS) is 11.2. The topological polar surface area (TPSA) is 143 Å². The number of carbonyl (C=O) groups is 1. The summed E-state index contributed by atoms with van der Waals surface area (Å²) in [6.07, 6.45) is -0.0459. The molecule has 0 heterocycles. The van der Waals surface area contributed by atoms with Crippen molar-refractivity contribution in [3.05, 3.63) is 77.9 Å². The van der Waals surface area contributed by atoms with E-state index < -0.39 is 11.9 Å². The summed E-state index contributed by atoms with van der Waals surface area (Å²) >= 11 is 5.34. The fourth-order valence-electron chi connectivity index (χ4n) is 3.56. The van der Waals surface area contributed by atoms with Crippen LogP contribution in [0.15, 0.2) is 66.7 Å². The third kappa shape index (κ3) is 8.50. The Morgan fingerprint density at radius 3 is 2.23 bits per heavy atom. The highest BCUT2D eigenvalue weighted by molar-refractivity contribution is 7.80. The molecule has 1 amide bonds. The highest BCUT2D eigenvalue weighted by Gasteiger charge is 2.23. The number of carbonyl (C=O) groups excluding carboxylic acids is 1. The average molecular weight is 551 g/mol. The van der Waals surface area contributed by atoms with Gasteiger partial charge in [0.25, 0.3) is 5.91 Å². The summed E-state index contributed by atoms with van der Waals surface area (Å²) in [7, 11) is 1.59. The highest BCUT2D eigenvalue weighted by atomic mass is 32.1. The van der Waals surface area contributed by atoms with Gasteiger partial charge in [-0.3, -0.25) is 21.1 Å². The second-order valence-corrected chi connectivity index (χ2v) is 9.08. The molecule has 0 aliphatic rings. The summed E-state index contributed by atoms with van der Waals surface area (Å²) in [5.74, 6) is 1.39. The predicted octanol–water partition coefficient (Wildman–Crippen LogP) is 4.34. The number of hydrazine groups is 1. The van der Waals surface area contributed by atoms with Gasteiger partial charge in [0, 0.05) is 16.9 Å². The molecule has 0 aromatic heterocycles. The summed E-state index contributed by atoms with van der Waals surface area (Å²) in [5, 5.41) is 14.1. The fourth-order valence-corrected chi connectivity index (χ4v) is 3.73. The molecule has 10 nitrogen and oxygen atoms in total. The van der Waals surface area contributed by atoms with Crippen LogP contribution >= 0.6 is 12.2 Å². The van der Waals surface area contributed by atoms with E-state index in [1.165, 1.54) is 0 Å². The lowest BCUT2D eigenvalue weighted by Gasteiger charge is -2.23. The molecular weight excluding hydrogens is 516 g/mol. The van der Waals surface area contributed by atoms with Crippen molar-refractivity contribution >= 4 is 40.4 Å². The number of nitrogens with one attached hydrogen (secondary N) is 5. The second-order valence-electron chi connectivity index (χ2n) is 8.67. The van der Waals surface area contributed by atoms with Gasteiger partial charge in [0.05, 0.1) is 19.8 Å². The van der Waals surface area contributed by atoms with Crippen LogP contribution in [0.4, 0.5) is 11.4 Å². The minimum Gasteiger partial charge on any atom is -0.497 e. The first-order chi connectivity index (χ1) is 18.7. The van der Waals surface area contributed by atoms with E-state index in [9.17, 15) is 4.79 Å². The monoisotopic (exact) mass is 550 g/mol. The van der Waals surface area contributed by atoms with Gasteiger partial charge in [0.15, 0.2) is 16.6 Å². The first-order valence-electron chi connectivity index (χ1n) is 12.4. The minimum atomic E-state index is -0.836. The maximum absolute atomic E-state index is 13.4. The Labute approximate surface area is 233 Å². The van der Waals surface area contributed by atoms with Gasteiger partial charge in [-0.1, -0.05) is 6.07 Å². The first-order valence-corrected chi connectivity index (χ1v) is 12.8. The number of amides is 1. The lowest BCUT2D eigenvalue weighted by Crippen LogP contribution is -2.47. The number of hydrogen-bond donors (Lipinski definition) is 6. The molecule has 206 valence electrons. The van der Waals surface area contributed by atoms with Crippen LogP contribution in [-0.4, -0.2) is 36.7 Å². The molecule has 0 aliphatic heterocycles. The van der Waals surface area contributed by atoms with Gasteiger partial charge in [0.1, 0.15) is 17.6 Å². The smallest absolute Gasteiger partial charge is 0.265 e. The van der Waals surface area contributed by atoms with Gasteiger partial charge in [-0.2, -0.15) is 0 Å². The van der Waals surface area contributed by atoms with Gasteiger partial charge in [-0.25, -0.2) is 0 Å². The Balaban J connectivity index is 1.81. The van der Waals surface area contributed by atoms with Crippen molar-refractivity contribution in [2.45, 2.75) is 32.9 Å². The summed E-state index contributed by atoms with van der Waals surface area (Å²) < 4.78 is 16.8. The van der Waals surface area contributed by atoms with Gasteiger partial charge >= 0.3 is 0 Å². The molecule has 0 bridgehead atoms. The number of thiocarbonyl (C=S) groups is 1. The van der Waals surface area contributed by atoms with Crippen molar-refractivity contribution < 1.29 is 19.0 Å². The van der Waals surface area contributed by atoms with Crippen LogP contribution in [0, 0.1) is 5.41 Å². The van der Waals surface area contributed by atoms with Crippen LogP contribution in [0.2, 0.25) is 0 Å². The van der Waals surface area contributed by atoms with Crippen molar-refractivity contribution in [1.82, 2.24) is 10.9 Å². The van der Waals surface area contributed by atoms with E-state index in [1.54, 1.807) is 73.8 Å². The van der Waals surface area contributed by atoms with Crippen LogP contribution in [0.25, 0.3) is 0 Å². The lowest BCUT2D eigenvalue weighted by atomic mass is 10.0. The highest BCUT2D eigenvalue weighted by Crippen LogP contribution is 2.33. The third-order valence-corrected chi connectivity index (χ3v) is 5.58. The Morgan fingerprint density at radius 1 is 0.974 bits per heavy atom. The van der Waals surface area contributed by atoms with Crippen LogP contribution in [-0.2, 0) is 4.79 Å². The SMILES string of the molecule is CCOc1cc(C(Nc2ccc(C(=N)N)cc2)C(=O)NNC(=S)Nc2ccc(OC)cc2)ccc1OC(C)C. The predicted molar refractivity (Wildman–Crippen MR) is 158 cm³/mol. The van der Waals surface area contributed by atoms with E-state index in [4.69, 9.17) is 37.6 Å². The number of amidine groups is 1. The average Bonchev–Trinajstić information content (AvgIpc) is 2.92. The molecule has 0 aliphatic carbocycles. The molecule has 0 fully saturated rings. The molecule has 1 unspecified atom stereocenters. The Bertz CT molecular complexity index is 1280. The number of nitrogens with two attached hydrogens (primary N) is 1. The maximum Gasteiger partial charge on any atom is 0.265 e. The van der Waals surface area contributed by atoms with Crippen molar-refractivity contribution in [3.63, 3.8) is 0 Å². The zero-order chi connectivity index (χ0) is 28.4. The van der Waals surface area contributed by atoms with Crippen molar-refractivity contribution in [3.8, 4) is 17.2 Å². The molecule has 11 heteroatoms. The number of nitrogen functional groups attached to an aromatic ring is 1. The van der Waals surface area contributed by atoms with Crippen LogP contribution in [0.5, 0.6) is 17.2 Å². The Morgan fingerprint density at radius 2 is 1.64 bits per heavy atom. The summed E-state index contributed by atoms with van der Waals surface area (Å²) in [6.45, 7) is 6.18. The largest absolute Gasteiger partial charge is 0.497 e. The molecule has 0 radical (unpaired) electrons. The fraction of sp³-hybridized carbons (Fsp3) is 0.250. The van der Waals surface area contributed by atoms with E-state index in [1.807, 2.05) is 20.8 Å². The number of hydrogen-bond acceptors (Lipinski definition) is 7. The standard InChI is InChI=1S/C28H34N6O4S/c1-5-37-24-16-19(8-15-23(24)38-17(2)3)25(31-20-9-6-18(7-10-20)26(29)30)27(35)33-34-28(39)32-21-11-13-22(36-4)14-12-21/h6-17,25,31H,5H2,1-4H3,(H3,29,30)(H,33,35)(H2,32,34,39). The molecule has 3 aromatic carbocycles. The van der Waals surface area contributed by atoms with Crippen molar-refractivity contribution in [2.75, 3.05) is 24.4 Å². The van der Waals surface area contributed by atoms with Gasteiger partial charge < -0.3 is 30.6 Å². The summed E-state index contributed by atoms with van der Waals surface area (Å²) in [6, 6.07) is 18.6. The third-order valence-electron chi connectivity index (χ3n) is 5.38. The zero-order valence-corrected chi connectivity index (χ0v) is 23.1. The molecular formula is C28H34N6O4S. The maximum atomic E-state index is 13.4. The van der Waals surface area contributed by atoms with E-state index >= 15 is 0 Å². The number of anilines is 2. The second kappa shape index (κ2) is 13.9. The lowest BCUT2D eigenvalue weighted by molar-refractivity contribution is -0.122. The van der Waals surface area contributed by atoms with Gasteiger partial charge in [0.2, 0.25) is 0 Å². The number of methoxy groups -OCH3 is 1. The van der Waals surface area contributed by atoms with Crippen LogP contribution in [0.1, 0.15) is 37.9 Å². The molecule has 39 heavy (non-hydrogen) atoms. The molecule has 3 aromatic rings. The Hall–Kier alpha value is -4.51. The van der Waals surface area contributed by atoms with E-state index in [0.29, 0.717) is 40.7 Å². The molecule has 0 spiro atoms. The van der Waals surface area contributed by atoms with Crippen molar-refractivity contribution in [2.24, 2.45) is 5.73 Å².